The Morgan fingerprint density at radius 1 is 1.50 bits per heavy atom. The third-order valence-corrected chi connectivity index (χ3v) is 3.72. The first-order chi connectivity index (χ1) is 8.54. The molecule has 1 saturated heterocycles. The van der Waals surface area contributed by atoms with Crippen LogP contribution in [0.25, 0.3) is 0 Å². The van der Waals surface area contributed by atoms with Crippen LogP contribution in [0.15, 0.2) is 22.7 Å². The van der Waals surface area contributed by atoms with Crippen LogP contribution in [0.5, 0.6) is 0 Å². The number of carbonyl (C=O) groups excluding carboxylic acids is 2. The summed E-state index contributed by atoms with van der Waals surface area (Å²) in [5.41, 5.74) is 0.672. The van der Waals surface area contributed by atoms with Crippen molar-refractivity contribution < 1.29 is 9.59 Å². The van der Waals surface area contributed by atoms with E-state index in [1.807, 2.05) is 6.92 Å². The summed E-state index contributed by atoms with van der Waals surface area (Å²) in [4.78, 5) is 25.3. The third-order valence-electron chi connectivity index (χ3n) is 2.85. The average molecular weight is 332 g/mol. The van der Waals surface area contributed by atoms with E-state index in [1.54, 1.807) is 18.2 Å². The second kappa shape index (κ2) is 5.28. The second-order valence-corrected chi connectivity index (χ2v) is 5.29. The highest BCUT2D eigenvalue weighted by molar-refractivity contribution is 9.10. The van der Waals surface area contributed by atoms with Crippen molar-refractivity contribution >= 4 is 45.0 Å². The largest absolute Gasteiger partial charge is 0.345 e. The number of nitrogens with one attached hydrogen (secondary N) is 1. The summed E-state index contributed by atoms with van der Waals surface area (Å²) in [5, 5.41) is 3.17. The Labute approximate surface area is 118 Å². The minimum Gasteiger partial charge on any atom is -0.345 e. The number of nitrogens with zero attached hydrogens (tertiary/aromatic N) is 1. The van der Waals surface area contributed by atoms with Gasteiger partial charge in [-0.15, -0.1) is 0 Å². The Morgan fingerprint density at radius 3 is 2.83 bits per heavy atom. The van der Waals surface area contributed by atoms with E-state index in [9.17, 15) is 9.59 Å². The molecule has 18 heavy (non-hydrogen) atoms. The lowest BCUT2D eigenvalue weighted by molar-refractivity contribution is -0.131. The van der Waals surface area contributed by atoms with Crippen LogP contribution in [-0.2, 0) is 9.59 Å². The molecule has 1 aromatic carbocycles. The van der Waals surface area contributed by atoms with E-state index in [0.717, 1.165) is 0 Å². The molecule has 0 spiro atoms. The number of piperazine rings is 1. The molecular weight excluding hydrogens is 320 g/mol. The monoisotopic (exact) mass is 330 g/mol. The average Bonchev–Trinajstić information content (AvgIpc) is 2.33. The zero-order valence-corrected chi connectivity index (χ0v) is 12.1. The molecule has 2 rings (SSSR count). The van der Waals surface area contributed by atoms with Crippen LogP contribution < -0.4 is 10.2 Å². The lowest BCUT2D eigenvalue weighted by Gasteiger charge is -2.35. The minimum atomic E-state index is -0.469. The number of carbonyl (C=O) groups is 2. The standard InChI is InChI=1S/C12H12BrClN2O2/c1-2-9-12(18)15-6-11(17)16(9)10-4-3-7(14)5-8(10)13/h3-5,9H,2,6H2,1H3,(H,15,18). The van der Waals surface area contributed by atoms with Gasteiger partial charge >= 0.3 is 0 Å². The highest BCUT2D eigenvalue weighted by Crippen LogP contribution is 2.32. The Bertz CT molecular complexity index is 507. The molecule has 1 aliphatic rings. The number of hydrogen-bond acceptors (Lipinski definition) is 2. The third kappa shape index (κ3) is 2.37. The molecule has 1 N–H and O–H groups in total. The number of benzene rings is 1. The van der Waals surface area contributed by atoms with Gasteiger partial charge in [0.25, 0.3) is 0 Å². The fourth-order valence-electron chi connectivity index (χ4n) is 2.00. The molecule has 2 amide bonds. The van der Waals surface area contributed by atoms with E-state index in [4.69, 9.17) is 11.6 Å². The van der Waals surface area contributed by atoms with Crippen LogP contribution >= 0.6 is 27.5 Å². The number of hydrogen-bond donors (Lipinski definition) is 1. The maximum Gasteiger partial charge on any atom is 0.247 e. The summed E-state index contributed by atoms with van der Waals surface area (Å²) in [5.74, 6) is -0.247. The predicted molar refractivity (Wildman–Crippen MR) is 73.7 cm³/mol. The van der Waals surface area contributed by atoms with Crippen molar-refractivity contribution in [1.29, 1.82) is 0 Å². The maximum absolute atomic E-state index is 12.0. The maximum atomic E-state index is 12.0. The van der Waals surface area contributed by atoms with Gasteiger partial charge in [0.1, 0.15) is 6.04 Å². The topological polar surface area (TPSA) is 49.4 Å². The number of halogens is 2. The van der Waals surface area contributed by atoms with Gasteiger partial charge in [0.05, 0.1) is 12.2 Å². The number of rotatable bonds is 2. The highest BCUT2D eigenvalue weighted by atomic mass is 79.9. The first kappa shape index (κ1) is 13.4. The van der Waals surface area contributed by atoms with E-state index in [1.165, 1.54) is 4.90 Å². The van der Waals surface area contributed by atoms with E-state index >= 15 is 0 Å². The molecule has 1 fully saturated rings. The summed E-state index contributed by atoms with van der Waals surface area (Å²) in [6, 6.07) is 4.69. The van der Waals surface area contributed by atoms with Crippen molar-refractivity contribution in [2.24, 2.45) is 0 Å². The van der Waals surface area contributed by atoms with Gasteiger partial charge in [-0.2, -0.15) is 0 Å². The molecule has 6 heteroatoms. The lowest BCUT2D eigenvalue weighted by Crippen LogP contribution is -2.58. The van der Waals surface area contributed by atoms with Crippen LogP contribution in [-0.4, -0.2) is 24.4 Å². The van der Waals surface area contributed by atoms with Gasteiger partial charge in [-0.25, -0.2) is 0 Å². The molecule has 1 aromatic rings. The molecule has 4 nitrogen and oxygen atoms in total. The van der Waals surface area contributed by atoms with Gasteiger partial charge in [-0.05, 0) is 40.5 Å². The molecule has 1 unspecified atom stereocenters. The number of anilines is 1. The SMILES string of the molecule is CCC1C(=O)NCC(=O)N1c1ccc(Cl)cc1Br. The second-order valence-electron chi connectivity index (χ2n) is 4.00. The van der Waals surface area contributed by atoms with Crippen molar-refractivity contribution in [3.05, 3.63) is 27.7 Å². The molecule has 0 aliphatic carbocycles. The number of amides is 2. The minimum absolute atomic E-state index is 0.0321. The van der Waals surface area contributed by atoms with E-state index in [-0.39, 0.29) is 18.4 Å². The van der Waals surface area contributed by atoms with Crippen molar-refractivity contribution in [2.45, 2.75) is 19.4 Å². The molecular formula is C12H12BrClN2O2. The summed E-state index contributed by atoms with van der Waals surface area (Å²) < 4.78 is 0.705. The van der Waals surface area contributed by atoms with Gasteiger partial charge in [0.15, 0.2) is 0 Å². The summed E-state index contributed by atoms with van der Waals surface area (Å²) in [7, 11) is 0. The van der Waals surface area contributed by atoms with E-state index < -0.39 is 6.04 Å². The Balaban J connectivity index is 2.44. The van der Waals surface area contributed by atoms with Crippen molar-refractivity contribution in [1.82, 2.24) is 5.32 Å². The summed E-state index contributed by atoms with van der Waals surface area (Å²) >= 11 is 9.26. The van der Waals surface area contributed by atoms with Crippen LogP contribution in [0, 0.1) is 0 Å². The normalized spacial score (nSPS) is 19.9. The Kier molecular flexibility index (Phi) is 3.92. The lowest BCUT2D eigenvalue weighted by atomic mass is 10.1. The van der Waals surface area contributed by atoms with Crippen LogP contribution in [0.4, 0.5) is 5.69 Å². The van der Waals surface area contributed by atoms with Gasteiger partial charge in [-0.3, -0.25) is 14.5 Å². The fraction of sp³-hybridized carbons (Fsp3) is 0.333. The zero-order chi connectivity index (χ0) is 13.3. The summed E-state index contributed by atoms with van der Waals surface area (Å²) in [6.45, 7) is 1.91. The van der Waals surface area contributed by atoms with Crippen molar-refractivity contribution in [3.8, 4) is 0 Å². The van der Waals surface area contributed by atoms with Gasteiger partial charge < -0.3 is 5.32 Å². The fourth-order valence-corrected chi connectivity index (χ4v) is 2.88. The molecule has 0 aromatic heterocycles. The summed E-state index contributed by atoms with van der Waals surface area (Å²) in [6.07, 6.45) is 0.562. The molecule has 0 bridgehead atoms. The van der Waals surface area contributed by atoms with Crippen molar-refractivity contribution in [3.63, 3.8) is 0 Å². The zero-order valence-electron chi connectivity index (χ0n) is 9.74. The van der Waals surface area contributed by atoms with Crippen LogP contribution in [0.2, 0.25) is 5.02 Å². The Morgan fingerprint density at radius 2 is 2.22 bits per heavy atom. The first-order valence-corrected chi connectivity index (χ1v) is 6.76. The molecule has 0 radical (unpaired) electrons. The molecule has 96 valence electrons. The van der Waals surface area contributed by atoms with Crippen LogP contribution in [0.1, 0.15) is 13.3 Å². The van der Waals surface area contributed by atoms with Gasteiger partial charge in [-0.1, -0.05) is 18.5 Å². The Hall–Kier alpha value is -1.07. The van der Waals surface area contributed by atoms with Crippen LogP contribution in [0.3, 0.4) is 0 Å². The molecule has 1 atom stereocenters. The predicted octanol–water partition coefficient (Wildman–Crippen LogP) is 2.34. The first-order valence-electron chi connectivity index (χ1n) is 5.59. The molecule has 1 heterocycles. The van der Waals surface area contributed by atoms with Crippen molar-refractivity contribution in [2.75, 3.05) is 11.4 Å². The van der Waals surface area contributed by atoms with E-state index in [0.29, 0.717) is 21.6 Å². The molecule has 0 saturated carbocycles. The smallest absolute Gasteiger partial charge is 0.247 e. The highest BCUT2D eigenvalue weighted by Gasteiger charge is 2.34. The van der Waals surface area contributed by atoms with E-state index in [2.05, 4.69) is 21.2 Å². The molecule has 1 aliphatic heterocycles. The van der Waals surface area contributed by atoms with Gasteiger partial charge in [0, 0.05) is 9.50 Å². The van der Waals surface area contributed by atoms with Gasteiger partial charge in [0.2, 0.25) is 11.8 Å². The quantitative estimate of drug-likeness (QED) is 0.904.